The Kier molecular flexibility index (Phi) is 7.59. The Morgan fingerprint density at radius 2 is 2.06 bits per heavy atom. The summed E-state index contributed by atoms with van der Waals surface area (Å²) in [4.78, 5) is 21.3. The van der Waals surface area contributed by atoms with Crippen LogP contribution in [-0.2, 0) is 4.79 Å². The molecule has 1 saturated heterocycles. The maximum absolute atomic E-state index is 13.5. The van der Waals surface area contributed by atoms with Crippen molar-refractivity contribution in [3.05, 3.63) is 47.5 Å². The summed E-state index contributed by atoms with van der Waals surface area (Å²) in [5, 5.41) is 6.84. The van der Waals surface area contributed by atoms with Gasteiger partial charge in [-0.05, 0) is 43.5 Å². The van der Waals surface area contributed by atoms with E-state index >= 15 is 0 Å². The first-order valence-electron chi connectivity index (χ1n) is 10.2. The molecule has 2 heterocycles. The highest BCUT2D eigenvalue weighted by atomic mass is 35.5. The first-order valence-corrected chi connectivity index (χ1v) is 13.1. The van der Waals surface area contributed by atoms with Crippen molar-refractivity contribution in [3.63, 3.8) is 0 Å². The predicted octanol–water partition coefficient (Wildman–Crippen LogP) is 6.29. The molecule has 1 aliphatic rings. The number of fused-ring (bicyclic) bond motifs is 1. The van der Waals surface area contributed by atoms with Crippen LogP contribution in [0.25, 0.3) is 10.9 Å². The molecule has 0 aliphatic carbocycles. The van der Waals surface area contributed by atoms with Gasteiger partial charge in [0.15, 0.2) is 0 Å². The highest BCUT2D eigenvalue weighted by molar-refractivity contribution is 8.77. The lowest BCUT2D eigenvalue weighted by Crippen LogP contribution is -2.15. The van der Waals surface area contributed by atoms with Crippen LogP contribution in [0, 0.1) is 11.7 Å². The standard InChI is InChI=1S/C22H22ClFN4O2S2/c1-2-30-20-9-18-15(8-19(20)28-21(29)6-3-13-10-31-32-11-13)22(26-12-25-18)27-14-4-5-17(24)16(23)7-14/h4-5,7-9,12-13H,2-3,6,10-11H2,1H3,(H,28,29)(H,25,26,27). The number of rotatable bonds is 8. The molecular weight excluding hydrogens is 471 g/mol. The Hall–Kier alpha value is -2.23. The van der Waals surface area contributed by atoms with Crippen LogP contribution in [0.5, 0.6) is 5.75 Å². The molecule has 0 atom stereocenters. The van der Waals surface area contributed by atoms with Gasteiger partial charge in [-0.2, -0.15) is 0 Å². The van der Waals surface area contributed by atoms with E-state index in [9.17, 15) is 9.18 Å². The number of ether oxygens (including phenoxy) is 1. The van der Waals surface area contributed by atoms with Crippen LogP contribution >= 0.6 is 33.2 Å². The Bertz CT molecular complexity index is 1130. The Labute approximate surface area is 198 Å². The van der Waals surface area contributed by atoms with Crippen molar-refractivity contribution in [2.24, 2.45) is 5.92 Å². The number of nitrogens with zero attached hydrogens (tertiary/aromatic N) is 2. The molecule has 1 amide bonds. The third-order valence-electron chi connectivity index (χ3n) is 4.96. The van der Waals surface area contributed by atoms with E-state index in [1.165, 1.54) is 18.5 Å². The van der Waals surface area contributed by atoms with Gasteiger partial charge < -0.3 is 15.4 Å². The van der Waals surface area contributed by atoms with Gasteiger partial charge in [0, 0.05) is 35.1 Å². The minimum Gasteiger partial charge on any atom is -0.492 e. The van der Waals surface area contributed by atoms with E-state index in [1.54, 1.807) is 18.2 Å². The lowest BCUT2D eigenvalue weighted by molar-refractivity contribution is -0.116. The number of hydrogen-bond acceptors (Lipinski definition) is 7. The van der Waals surface area contributed by atoms with Crippen molar-refractivity contribution in [1.29, 1.82) is 0 Å². The molecule has 168 valence electrons. The van der Waals surface area contributed by atoms with Crippen LogP contribution in [0.1, 0.15) is 19.8 Å². The Morgan fingerprint density at radius 1 is 1.25 bits per heavy atom. The van der Waals surface area contributed by atoms with E-state index in [0.29, 0.717) is 52.8 Å². The molecule has 0 radical (unpaired) electrons. The van der Waals surface area contributed by atoms with E-state index in [-0.39, 0.29) is 10.9 Å². The minimum absolute atomic E-state index is 0.0130. The maximum atomic E-state index is 13.5. The molecule has 10 heteroatoms. The molecule has 1 aromatic heterocycles. The third kappa shape index (κ3) is 5.57. The van der Waals surface area contributed by atoms with Crippen molar-refractivity contribution >= 4 is 67.2 Å². The monoisotopic (exact) mass is 492 g/mol. The fraction of sp³-hybridized carbons (Fsp3) is 0.318. The number of aromatic nitrogens is 2. The molecule has 6 nitrogen and oxygen atoms in total. The number of halogens is 2. The number of hydrogen-bond donors (Lipinski definition) is 2. The predicted molar refractivity (Wildman–Crippen MR) is 132 cm³/mol. The lowest BCUT2D eigenvalue weighted by Gasteiger charge is -2.15. The van der Waals surface area contributed by atoms with Gasteiger partial charge in [-0.3, -0.25) is 4.79 Å². The molecule has 0 unspecified atom stereocenters. The van der Waals surface area contributed by atoms with Gasteiger partial charge in [0.05, 0.1) is 22.8 Å². The first-order chi connectivity index (χ1) is 15.5. The molecule has 2 aromatic carbocycles. The topological polar surface area (TPSA) is 76.1 Å². The van der Waals surface area contributed by atoms with Crippen molar-refractivity contribution in [1.82, 2.24) is 9.97 Å². The summed E-state index contributed by atoms with van der Waals surface area (Å²) in [6, 6.07) is 7.93. The minimum atomic E-state index is -0.495. The Morgan fingerprint density at radius 3 is 2.81 bits per heavy atom. The van der Waals surface area contributed by atoms with Crippen LogP contribution in [0.15, 0.2) is 36.7 Å². The number of carbonyl (C=O) groups excluding carboxylic acids is 1. The van der Waals surface area contributed by atoms with Crippen LogP contribution in [0.3, 0.4) is 0 Å². The van der Waals surface area contributed by atoms with E-state index in [0.717, 1.165) is 17.9 Å². The fourth-order valence-corrected chi connectivity index (χ4v) is 6.53. The number of nitrogens with one attached hydrogen (secondary N) is 2. The second-order valence-corrected chi connectivity index (χ2v) is 10.3. The molecule has 1 aliphatic heterocycles. The third-order valence-corrected chi connectivity index (χ3v) is 7.95. The molecule has 4 rings (SSSR count). The number of benzene rings is 2. The largest absolute Gasteiger partial charge is 0.492 e. The van der Waals surface area contributed by atoms with Crippen molar-refractivity contribution in [2.45, 2.75) is 19.8 Å². The van der Waals surface area contributed by atoms with Gasteiger partial charge >= 0.3 is 0 Å². The fourth-order valence-electron chi connectivity index (χ4n) is 3.32. The average molecular weight is 493 g/mol. The SMILES string of the molecule is CCOc1cc2ncnc(Nc3ccc(F)c(Cl)c3)c2cc1NC(=O)CCC1CSSC1. The van der Waals surface area contributed by atoms with E-state index in [2.05, 4.69) is 20.6 Å². The van der Waals surface area contributed by atoms with E-state index in [4.69, 9.17) is 16.3 Å². The van der Waals surface area contributed by atoms with E-state index in [1.807, 2.05) is 28.5 Å². The zero-order valence-electron chi connectivity index (χ0n) is 17.4. The van der Waals surface area contributed by atoms with Crippen LogP contribution < -0.4 is 15.4 Å². The van der Waals surface area contributed by atoms with Crippen LogP contribution in [-0.4, -0.2) is 34.0 Å². The average Bonchev–Trinajstić information content (AvgIpc) is 3.30. The van der Waals surface area contributed by atoms with Gasteiger partial charge in [-0.15, -0.1) is 0 Å². The molecule has 2 N–H and O–H groups in total. The first kappa shape index (κ1) is 22.9. The number of amides is 1. The van der Waals surface area contributed by atoms with Gasteiger partial charge in [0.1, 0.15) is 23.7 Å². The molecule has 1 fully saturated rings. The second-order valence-electron chi connectivity index (χ2n) is 7.30. The molecular formula is C22H22ClFN4O2S2. The number of anilines is 3. The summed E-state index contributed by atoms with van der Waals surface area (Å²) in [5.41, 5.74) is 1.80. The normalized spacial score (nSPS) is 14.0. The van der Waals surface area contributed by atoms with Crippen molar-refractivity contribution < 1.29 is 13.9 Å². The van der Waals surface area contributed by atoms with E-state index < -0.39 is 5.82 Å². The van der Waals surface area contributed by atoms with Gasteiger partial charge in [0.25, 0.3) is 0 Å². The highest BCUT2D eigenvalue weighted by Crippen LogP contribution is 2.37. The summed E-state index contributed by atoms with van der Waals surface area (Å²) in [6.07, 6.45) is 2.76. The Balaban J connectivity index is 1.60. The molecule has 32 heavy (non-hydrogen) atoms. The van der Waals surface area contributed by atoms with Gasteiger partial charge in [-0.1, -0.05) is 33.2 Å². The van der Waals surface area contributed by atoms with Crippen molar-refractivity contribution in [2.75, 3.05) is 28.7 Å². The summed E-state index contributed by atoms with van der Waals surface area (Å²) in [7, 11) is 3.73. The summed E-state index contributed by atoms with van der Waals surface area (Å²) in [6.45, 7) is 2.34. The van der Waals surface area contributed by atoms with Crippen molar-refractivity contribution in [3.8, 4) is 5.75 Å². The number of carbonyl (C=O) groups is 1. The molecule has 0 saturated carbocycles. The lowest BCUT2D eigenvalue weighted by atomic mass is 10.1. The van der Waals surface area contributed by atoms with Crippen LogP contribution in [0.4, 0.5) is 21.6 Å². The van der Waals surface area contributed by atoms with Gasteiger partial charge in [-0.25, -0.2) is 14.4 Å². The smallest absolute Gasteiger partial charge is 0.224 e. The highest BCUT2D eigenvalue weighted by Gasteiger charge is 2.19. The molecule has 0 bridgehead atoms. The second kappa shape index (κ2) is 10.6. The van der Waals surface area contributed by atoms with Crippen LogP contribution in [0.2, 0.25) is 5.02 Å². The zero-order valence-corrected chi connectivity index (χ0v) is 19.7. The maximum Gasteiger partial charge on any atom is 0.224 e. The van der Waals surface area contributed by atoms with Gasteiger partial charge in [0.2, 0.25) is 5.91 Å². The zero-order chi connectivity index (χ0) is 22.5. The molecule has 0 spiro atoms. The summed E-state index contributed by atoms with van der Waals surface area (Å²) >= 11 is 5.90. The summed E-state index contributed by atoms with van der Waals surface area (Å²) in [5.74, 6) is 3.28. The molecule has 3 aromatic rings. The summed E-state index contributed by atoms with van der Waals surface area (Å²) < 4.78 is 19.3. The quantitative estimate of drug-likeness (QED) is 0.357.